The van der Waals surface area contributed by atoms with Gasteiger partial charge in [-0.15, -0.1) is 0 Å². The van der Waals surface area contributed by atoms with E-state index < -0.39 is 11.9 Å². The van der Waals surface area contributed by atoms with E-state index in [0.717, 1.165) is 5.56 Å². The van der Waals surface area contributed by atoms with Crippen LogP contribution in [0.5, 0.6) is 0 Å². The Morgan fingerprint density at radius 1 is 1.41 bits per heavy atom. The predicted octanol–water partition coefficient (Wildman–Crippen LogP) is 1.75. The zero-order valence-corrected chi connectivity index (χ0v) is 9.42. The van der Waals surface area contributed by atoms with Gasteiger partial charge in [0.2, 0.25) is 0 Å². The largest absolute Gasteiger partial charge is 0.509 e. The lowest BCUT2D eigenvalue weighted by atomic mass is 10.2. The Morgan fingerprint density at radius 3 is 2.59 bits per heavy atom. The molecule has 1 N–H and O–H groups in total. The Balaban J connectivity index is 2.22. The number of hydrogen-bond acceptors (Lipinski definition) is 3. The van der Waals surface area contributed by atoms with Gasteiger partial charge in [0.05, 0.1) is 6.04 Å². The summed E-state index contributed by atoms with van der Waals surface area (Å²) >= 11 is 0. The molecule has 86 valence electrons. The quantitative estimate of drug-likeness (QED) is 0.838. The highest BCUT2D eigenvalue weighted by Crippen LogP contribution is 2.25. The van der Waals surface area contributed by atoms with Crippen LogP contribution in [0.1, 0.15) is 12.5 Å². The molecule has 1 heterocycles. The van der Waals surface area contributed by atoms with Crippen molar-refractivity contribution in [2.45, 2.75) is 19.5 Å². The molecule has 1 aliphatic rings. The Morgan fingerprint density at radius 2 is 2.06 bits per heavy atom. The fraction of sp³-hybridized carbons (Fsp3) is 0.231. The average molecular weight is 228 g/mol. The normalized spacial score (nSPS) is 19.6. The van der Waals surface area contributed by atoms with Crippen molar-refractivity contribution >= 4 is 5.91 Å². The summed E-state index contributed by atoms with van der Waals surface area (Å²) in [5.74, 6) is -0.533. The SMILES string of the molecule is CC1C(O)=C(C#N)C(=O)N1Cc1ccccc1. The first-order valence-corrected chi connectivity index (χ1v) is 5.33. The van der Waals surface area contributed by atoms with Gasteiger partial charge in [0, 0.05) is 6.54 Å². The molecule has 0 saturated carbocycles. The molecule has 1 amide bonds. The first-order valence-electron chi connectivity index (χ1n) is 5.33. The van der Waals surface area contributed by atoms with Crippen LogP contribution in [0.4, 0.5) is 0 Å². The third-order valence-electron chi connectivity index (χ3n) is 2.90. The fourth-order valence-electron chi connectivity index (χ4n) is 1.88. The molecule has 4 heteroatoms. The van der Waals surface area contributed by atoms with E-state index in [0.29, 0.717) is 6.54 Å². The second kappa shape index (κ2) is 4.30. The Kier molecular flexibility index (Phi) is 2.84. The average Bonchev–Trinajstić information content (AvgIpc) is 2.55. The second-order valence-corrected chi connectivity index (χ2v) is 3.97. The topological polar surface area (TPSA) is 64.3 Å². The van der Waals surface area contributed by atoms with E-state index in [1.54, 1.807) is 13.0 Å². The molecule has 0 spiro atoms. The first-order chi connectivity index (χ1) is 8.15. The molecule has 1 aromatic rings. The number of aliphatic hydroxyl groups excluding tert-OH is 1. The number of nitrogens with zero attached hydrogens (tertiary/aromatic N) is 2. The van der Waals surface area contributed by atoms with Gasteiger partial charge in [-0.3, -0.25) is 4.79 Å². The van der Waals surface area contributed by atoms with Gasteiger partial charge in [-0.1, -0.05) is 30.3 Å². The van der Waals surface area contributed by atoms with Gasteiger partial charge in [0.1, 0.15) is 11.8 Å². The summed E-state index contributed by atoms with van der Waals surface area (Å²) < 4.78 is 0. The lowest BCUT2D eigenvalue weighted by Crippen LogP contribution is -2.33. The molecule has 0 fully saturated rings. The maximum absolute atomic E-state index is 11.8. The third-order valence-corrected chi connectivity index (χ3v) is 2.90. The highest BCUT2D eigenvalue weighted by Gasteiger charge is 2.36. The van der Waals surface area contributed by atoms with E-state index in [2.05, 4.69) is 0 Å². The van der Waals surface area contributed by atoms with E-state index in [1.165, 1.54) is 4.90 Å². The van der Waals surface area contributed by atoms with Gasteiger partial charge >= 0.3 is 0 Å². The number of carbonyl (C=O) groups excluding carboxylic acids is 1. The summed E-state index contributed by atoms with van der Waals surface area (Å²) in [6.07, 6.45) is 0. The van der Waals surface area contributed by atoms with Crippen LogP contribution in [0.2, 0.25) is 0 Å². The van der Waals surface area contributed by atoms with Crippen molar-refractivity contribution in [2.24, 2.45) is 0 Å². The molecule has 0 radical (unpaired) electrons. The van der Waals surface area contributed by atoms with Gasteiger partial charge in [-0.2, -0.15) is 5.26 Å². The van der Waals surface area contributed by atoms with Gasteiger partial charge in [0.15, 0.2) is 5.57 Å². The minimum atomic E-state index is -0.433. The van der Waals surface area contributed by atoms with Gasteiger partial charge < -0.3 is 10.0 Å². The minimum absolute atomic E-state index is 0.131. The van der Waals surface area contributed by atoms with Gasteiger partial charge in [-0.05, 0) is 12.5 Å². The molecule has 1 aliphatic heterocycles. The van der Waals surface area contributed by atoms with Gasteiger partial charge in [0.25, 0.3) is 5.91 Å². The van der Waals surface area contributed by atoms with Crippen LogP contribution in [0.25, 0.3) is 0 Å². The predicted molar refractivity (Wildman–Crippen MR) is 61.7 cm³/mol. The molecule has 4 nitrogen and oxygen atoms in total. The Bertz CT molecular complexity index is 514. The smallest absolute Gasteiger partial charge is 0.268 e. The lowest BCUT2D eigenvalue weighted by molar-refractivity contribution is -0.127. The number of nitriles is 1. The Labute approximate surface area is 99.4 Å². The minimum Gasteiger partial charge on any atom is -0.509 e. The molecule has 0 aliphatic carbocycles. The fourth-order valence-corrected chi connectivity index (χ4v) is 1.88. The number of amides is 1. The van der Waals surface area contributed by atoms with Crippen molar-refractivity contribution in [2.75, 3.05) is 0 Å². The number of hydrogen-bond donors (Lipinski definition) is 1. The highest BCUT2D eigenvalue weighted by atomic mass is 16.3. The molecule has 1 atom stereocenters. The van der Waals surface area contributed by atoms with Crippen molar-refractivity contribution in [1.82, 2.24) is 4.90 Å². The van der Waals surface area contributed by atoms with E-state index in [4.69, 9.17) is 5.26 Å². The Hall–Kier alpha value is -2.28. The summed E-state index contributed by atoms with van der Waals surface area (Å²) in [7, 11) is 0. The number of aliphatic hydroxyl groups is 1. The van der Waals surface area contributed by atoms with Crippen LogP contribution < -0.4 is 0 Å². The molecule has 0 aromatic heterocycles. The van der Waals surface area contributed by atoms with Crippen molar-refractivity contribution < 1.29 is 9.90 Å². The zero-order valence-electron chi connectivity index (χ0n) is 9.42. The number of benzene rings is 1. The number of carbonyl (C=O) groups is 1. The molecular formula is C13H12N2O2. The lowest BCUT2D eigenvalue weighted by Gasteiger charge is -2.21. The van der Waals surface area contributed by atoms with Crippen LogP contribution in [-0.4, -0.2) is 22.0 Å². The monoisotopic (exact) mass is 228 g/mol. The molecule has 1 aromatic carbocycles. The van der Waals surface area contributed by atoms with Gasteiger partial charge in [-0.25, -0.2) is 0 Å². The van der Waals surface area contributed by atoms with Crippen LogP contribution in [0.15, 0.2) is 41.7 Å². The van der Waals surface area contributed by atoms with Crippen molar-refractivity contribution in [3.63, 3.8) is 0 Å². The summed E-state index contributed by atoms with van der Waals surface area (Å²) in [6.45, 7) is 2.11. The van der Waals surface area contributed by atoms with E-state index in [-0.39, 0.29) is 11.3 Å². The summed E-state index contributed by atoms with van der Waals surface area (Å²) in [4.78, 5) is 13.3. The molecular weight excluding hydrogens is 216 g/mol. The second-order valence-electron chi connectivity index (χ2n) is 3.97. The summed E-state index contributed by atoms with van der Waals surface area (Å²) in [6, 6.07) is 10.8. The maximum atomic E-state index is 11.8. The van der Waals surface area contributed by atoms with E-state index >= 15 is 0 Å². The van der Waals surface area contributed by atoms with Crippen molar-refractivity contribution in [3.05, 3.63) is 47.2 Å². The first kappa shape index (κ1) is 11.2. The maximum Gasteiger partial charge on any atom is 0.268 e. The molecule has 0 saturated heterocycles. The van der Waals surface area contributed by atoms with Crippen LogP contribution in [-0.2, 0) is 11.3 Å². The van der Waals surface area contributed by atoms with Crippen LogP contribution in [0, 0.1) is 11.3 Å². The van der Waals surface area contributed by atoms with E-state index in [9.17, 15) is 9.90 Å². The van der Waals surface area contributed by atoms with E-state index in [1.807, 2.05) is 30.3 Å². The molecule has 17 heavy (non-hydrogen) atoms. The van der Waals surface area contributed by atoms with Crippen LogP contribution in [0.3, 0.4) is 0 Å². The highest BCUT2D eigenvalue weighted by molar-refractivity contribution is 6.00. The molecule has 2 rings (SSSR count). The van der Waals surface area contributed by atoms with Crippen molar-refractivity contribution in [1.29, 1.82) is 5.26 Å². The standard InChI is InChI=1S/C13H12N2O2/c1-9-12(16)11(7-14)13(17)15(9)8-10-5-3-2-4-6-10/h2-6,9,16H,8H2,1H3. The molecule has 1 unspecified atom stereocenters. The third kappa shape index (κ3) is 1.87. The van der Waals surface area contributed by atoms with Crippen molar-refractivity contribution in [3.8, 4) is 6.07 Å². The zero-order chi connectivity index (χ0) is 12.4. The number of rotatable bonds is 2. The summed E-state index contributed by atoms with van der Waals surface area (Å²) in [5, 5.41) is 18.5. The molecule has 0 bridgehead atoms. The summed E-state index contributed by atoms with van der Waals surface area (Å²) in [5.41, 5.74) is 0.827. The van der Waals surface area contributed by atoms with Crippen LogP contribution >= 0.6 is 0 Å².